The van der Waals surface area contributed by atoms with Crippen LogP contribution >= 0.6 is 23.3 Å². The zero-order valence-corrected chi connectivity index (χ0v) is 12.8. The molecule has 4 heteroatoms. The molecular formula is C15H14BrO2P. The summed E-state index contributed by atoms with van der Waals surface area (Å²) in [6.07, 6.45) is 0. The van der Waals surface area contributed by atoms with Gasteiger partial charge in [-0.25, -0.2) is 0 Å². The number of benzene rings is 2. The van der Waals surface area contributed by atoms with E-state index in [4.69, 9.17) is 4.52 Å². The molecule has 98 valence electrons. The molecule has 0 fully saturated rings. The fourth-order valence-electron chi connectivity index (χ4n) is 1.65. The minimum Gasteiger partial charge on any atom is -0.318 e. The molecule has 0 bridgehead atoms. The van der Waals surface area contributed by atoms with Crippen molar-refractivity contribution >= 4 is 28.6 Å². The maximum absolute atomic E-state index is 12.7. The lowest BCUT2D eigenvalue weighted by Crippen LogP contribution is -2.05. The van der Waals surface area contributed by atoms with Gasteiger partial charge in [0.05, 0.1) is 6.61 Å². The Bertz CT molecular complexity index is 611. The lowest BCUT2D eigenvalue weighted by molar-refractivity contribution is 0.315. The van der Waals surface area contributed by atoms with E-state index in [0.717, 1.165) is 10.0 Å². The lowest BCUT2D eigenvalue weighted by Gasteiger charge is -2.15. The Kier molecular flexibility index (Phi) is 4.76. The van der Waals surface area contributed by atoms with Gasteiger partial charge in [-0.05, 0) is 29.6 Å². The minimum atomic E-state index is -2.99. The van der Waals surface area contributed by atoms with Crippen molar-refractivity contribution in [2.45, 2.75) is 6.61 Å². The van der Waals surface area contributed by atoms with Crippen LogP contribution in [0.25, 0.3) is 0 Å². The summed E-state index contributed by atoms with van der Waals surface area (Å²) in [5, 5.41) is 0.664. The van der Waals surface area contributed by atoms with Gasteiger partial charge in [0.1, 0.15) is 0 Å². The van der Waals surface area contributed by atoms with E-state index in [1.54, 1.807) is 12.1 Å². The summed E-state index contributed by atoms with van der Waals surface area (Å²) in [6.45, 7) is 3.92. The SMILES string of the molecule is C=CP(=O)(OCc1ccccc1Br)c1ccccc1. The first kappa shape index (κ1) is 14.3. The summed E-state index contributed by atoms with van der Waals surface area (Å²) < 4.78 is 19.3. The van der Waals surface area contributed by atoms with Crippen LogP contribution in [0.1, 0.15) is 5.56 Å². The van der Waals surface area contributed by atoms with E-state index in [0.29, 0.717) is 5.30 Å². The Hall–Kier alpha value is -1.15. The van der Waals surface area contributed by atoms with Crippen LogP contribution in [-0.2, 0) is 15.7 Å². The largest absolute Gasteiger partial charge is 0.318 e. The molecule has 1 unspecified atom stereocenters. The fraction of sp³-hybridized carbons (Fsp3) is 0.0667. The first-order chi connectivity index (χ1) is 9.15. The summed E-state index contributed by atoms with van der Waals surface area (Å²) in [5.41, 5.74) is 0.959. The quantitative estimate of drug-likeness (QED) is 0.739. The number of hydrogen-bond acceptors (Lipinski definition) is 2. The molecule has 0 heterocycles. The summed E-state index contributed by atoms with van der Waals surface area (Å²) in [7, 11) is -2.99. The lowest BCUT2D eigenvalue weighted by atomic mass is 10.2. The van der Waals surface area contributed by atoms with Gasteiger partial charge in [0.25, 0.3) is 7.37 Å². The molecule has 0 N–H and O–H groups in total. The summed E-state index contributed by atoms with van der Waals surface area (Å²) in [4.78, 5) is 0. The highest BCUT2D eigenvalue weighted by Gasteiger charge is 2.21. The Balaban J connectivity index is 2.19. The van der Waals surface area contributed by atoms with Crippen molar-refractivity contribution in [2.75, 3.05) is 0 Å². The highest BCUT2D eigenvalue weighted by atomic mass is 79.9. The van der Waals surface area contributed by atoms with E-state index >= 15 is 0 Å². The molecule has 0 saturated heterocycles. The smallest absolute Gasteiger partial charge is 0.253 e. The third kappa shape index (κ3) is 3.44. The van der Waals surface area contributed by atoms with Crippen molar-refractivity contribution in [1.82, 2.24) is 0 Å². The molecule has 0 saturated carbocycles. The van der Waals surface area contributed by atoms with Crippen LogP contribution in [-0.4, -0.2) is 0 Å². The van der Waals surface area contributed by atoms with Crippen LogP contribution in [0.3, 0.4) is 0 Å². The maximum Gasteiger partial charge on any atom is 0.253 e. The van der Waals surface area contributed by atoms with E-state index in [9.17, 15) is 4.57 Å². The standard InChI is InChI=1S/C15H14BrO2P/c1-2-19(17,14-9-4-3-5-10-14)18-12-13-8-6-7-11-15(13)16/h2-11H,1,12H2. The summed E-state index contributed by atoms with van der Waals surface area (Å²) in [6, 6.07) is 16.9. The van der Waals surface area contributed by atoms with Gasteiger partial charge in [0, 0.05) is 9.78 Å². The van der Waals surface area contributed by atoms with Crippen molar-refractivity contribution in [2.24, 2.45) is 0 Å². The number of hydrogen-bond donors (Lipinski definition) is 0. The summed E-state index contributed by atoms with van der Waals surface area (Å²) >= 11 is 3.45. The Labute approximate surface area is 121 Å². The second-order valence-electron chi connectivity index (χ2n) is 3.98. The predicted molar refractivity (Wildman–Crippen MR) is 82.8 cm³/mol. The minimum absolute atomic E-state index is 0.277. The number of rotatable bonds is 5. The van der Waals surface area contributed by atoms with Gasteiger partial charge < -0.3 is 4.52 Å². The van der Waals surface area contributed by atoms with Crippen LogP contribution < -0.4 is 5.30 Å². The normalized spacial score (nSPS) is 13.7. The van der Waals surface area contributed by atoms with E-state index in [-0.39, 0.29) is 6.61 Å². The Morgan fingerprint density at radius 1 is 1.11 bits per heavy atom. The molecule has 19 heavy (non-hydrogen) atoms. The molecule has 1 atom stereocenters. The molecule has 0 radical (unpaired) electrons. The van der Waals surface area contributed by atoms with Crippen molar-refractivity contribution in [3.05, 3.63) is 77.0 Å². The highest BCUT2D eigenvalue weighted by molar-refractivity contribution is 9.10. The molecule has 2 aromatic carbocycles. The second-order valence-corrected chi connectivity index (χ2v) is 7.17. The van der Waals surface area contributed by atoms with Gasteiger partial charge in [0.2, 0.25) is 0 Å². The zero-order chi connectivity index (χ0) is 13.7. The van der Waals surface area contributed by atoms with Gasteiger partial charge in [-0.15, -0.1) is 0 Å². The van der Waals surface area contributed by atoms with Crippen LogP contribution in [0.2, 0.25) is 0 Å². The Morgan fingerprint density at radius 3 is 2.37 bits per heavy atom. The molecule has 0 aliphatic rings. The van der Waals surface area contributed by atoms with E-state index < -0.39 is 7.37 Å². The second kappa shape index (κ2) is 6.33. The third-order valence-electron chi connectivity index (χ3n) is 2.73. The topological polar surface area (TPSA) is 26.3 Å². The number of halogens is 1. The van der Waals surface area contributed by atoms with Crippen LogP contribution in [0.4, 0.5) is 0 Å². The van der Waals surface area contributed by atoms with Gasteiger partial charge in [-0.2, -0.15) is 0 Å². The zero-order valence-electron chi connectivity index (χ0n) is 10.3. The van der Waals surface area contributed by atoms with Gasteiger partial charge in [-0.1, -0.05) is 58.9 Å². The fourth-order valence-corrected chi connectivity index (χ4v) is 3.43. The third-order valence-corrected chi connectivity index (χ3v) is 5.51. The van der Waals surface area contributed by atoms with Crippen molar-refractivity contribution < 1.29 is 9.09 Å². The highest BCUT2D eigenvalue weighted by Crippen LogP contribution is 2.47. The van der Waals surface area contributed by atoms with Gasteiger partial charge >= 0.3 is 0 Å². The summed E-state index contributed by atoms with van der Waals surface area (Å²) in [5.74, 6) is 1.40. The van der Waals surface area contributed by atoms with E-state index in [2.05, 4.69) is 22.5 Å². The molecule has 0 aromatic heterocycles. The first-order valence-corrected chi connectivity index (χ1v) is 8.31. The van der Waals surface area contributed by atoms with Crippen molar-refractivity contribution in [1.29, 1.82) is 0 Å². The average molecular weight is 337 g/mol. The first-order valence-electron chi connectivity index (χ1n) is 5.82. The van der Waals surface area contributed by atoms with Crippen LogP contribution in [0, 0.1) is 0 Å². The monoisotopic (exact) mass is 336 g/mol. The molecule has 0 aliphatic carbocycles. The van der Waals surface area contributed by atoms with Crippen molar-refractivity contribution in [3.8, 4) is 0 Å². The predicted octanol–water partition coefficient (Wildman–Crippen LogP) is 4.71. The molecule has 0 amide bonds. The van der Waals surface area contributed by atoms with Gasteiger partial charge in [-0.3, -0.25) is 4.57 Å². The average Bonchev–Trinajstić information content (AvgIpc) is 2.47. The molecular weight excluding hydrogens is 323 g/mol. The van der Waals surface area contributed by atoms with Gasteiger partial charge in [0.15, 0.2) is 0 Å². The Morgan fingerprint density at radius 2 is 1.74 bits per heavy atom. The molecule has 2 aromatic rings. The van der Waals surface area contributed by atoms with Crippen LogP contribution in [0.5, 0.6) is 0 Å². The molecule has 2 nitrogen and oxygen atoms in total. The van der Waals surface area contributed by atoms with Crippen LogP contribution in [0.15, 0.2) is 71.5 Å². The molecule has 0 spiro atoms. The van der Waals surface area contributed by atoms with E-state index in [1.165, 1.54) is 5.82 Å². The van der Waals surface area contributed by atoms with Crippen molar-refractivity contribution in [3.63, 3.8) is 0 Å². The molecule has 2 rings (SSSR count). The maximum atomic E-state index is 12.7. The molecule has 0 aliphatic heterocycles. The van der Waals surface area contributed by atoms with E-state index in [1.807, 2.05) is 42.5 Å².